The Morgan fingerprint density at radius 2 is 2.17 bits per heavy atom. The first-order chi connectivity index (χ1) is 10.9. The number of nitrogens with zero attached hydrogens (tertiary/aromatic N) is 1. The van der Waals surface area contributed by atoms with Crippen LogP contribution in [0.5, 0.6) is 0 Å². The molecule has 4 amide bonds. The molecule has 1 fully saturated rings. The van der Waals surface area contributed by atoms with Gasteiger partial charge in [0.1, 0.15) is 12.6 Å². The number of urea groups is 1. The molecule has 6 nitrogen and oxygen atoms in total. The zero-order valence-corrected chi connectivity index (χ0v) is 14.5. The number of nitrogens with one attached hydrogen (secondary N) is 2. The smallest absolute Gasteiger partial charge is 0.325 e. The molecule has 0 radical (unpaired) electrons. The first-order valence-electron chi connectivity index (χ1n) is 7.09. The molecule has 0 aliphatic carbocycles. The van der Waals surface area contributed by atoms with Gasteiger partial charge in [0.05, 0.1) is 0 Å². The molecule has 8 heteroatoms. The third-order valence-electron chi connectivity index (χ3n) is 3.48. The maximum Gasteiger partial charge on any atom is 0.325 e. The Balaban J connectivity index is 1.97. The van der Waals surface area contributed by atoms with Gasteiger partial charge in [0.15, 0.2) is 0 Å². The van der Waals surface area contributed by atoms with Crippen LogP contribution in [-0.4, -0.2) is 47.3 Å². The molecule has 1 aromatic rings. The van der Waals surface area contributed by atoms with Gasteiger partial charge >= 0.3 is 6.03 Å². The van der Waals surface area contributed by atoms with Crippen molar-refractivity contribution < 1.29 is 14.4 Å². The van der Waals surface area contributed by atoms with Crippen molar-refractivity contribution in [3.05, 3.63) is 28.8 Å². The van der Waals surface area contributed by atoms with E-state index in [9.17, 15) is 14.4 Å². The van der Waals surface area contributed by atoms with E-state index in [2.05, 4.69) is 10.6 Å². The number of carbonyl (C=O) groups excluding carboxylic acids is 3. The van der Waals surface area contributed by atoms with Crippen LogP contribution in [0.4, 0.5) is 10.5 Å². The highest BCUT2D eigenvalue weighted by atomic mass is 35.5. The quantitative estimate of drug-likeness (QED) is 0.767. The molecule has 0 saturated carbocycles. The Hall–Kier alpha value is -1.73. The standard InChI is InChI=1S/C15H18ClN3O3S/c1-9-7-10(16)3-4-11(9)17-13(20)8-19-14(21)12(5-6-23-2)18-15(19)22/h3-4,7,12H,5-6,8H2,1-2H3,(H,17,20)(H,18,22). The first-order valence-corrected chi connectivity index (χ1v) is 8.86. The van der Waals surface area contributed by atoms with Gasteiger partial charge in [-0.3, -0.25) is 14.5 Å². The van der Waals surface area contributed by atoms with Gasteiger partial charge in [-0.25, -0.2) is 4.79 Å². The van der Waals surface area contributed by atoms with Crippen LogP contribution in [0.1, 0.15) is 12.0 Å². The number of rotatable bonds is 6. The number of hydrogen-bond donors (Lipinski definition) is 2. The number of amides is 4. The number of halogens is 1. The summed E-state index contributed by atoms with van der Waals surface area (Å²) < 4.78 is 0. The maximum absolute atomic E-state index is 12.2. The molecular weight excluding hydrogens is 338 g/mol. The lowest BCUT2D eigenvalue weighted by Gasteiger charge is -2.14. The van der Waals surface area contributed by atoms with E-state index in [-0.39, 0.29) is 12.5 Å². The number of imide groups is 1. The molecule has 0 aromatic heterocycles. The van der Waals surface area contributed by atoms with Crippen LogP contribution in [0.15, 0.2) is 18.2 Å². The van der Waals surface area contributed by atoms with E-state index in [0.29, 0.717) is 17.1 Å². The number of carbonyl (C=O) groups is 3. The molecule has 1 aliphatic rings. The van der Waals surface area contributed by atoms with Crippen LogP contribution >= 0.6 is 23.4 Å². The summed E-state index contributed by atoms with van der Waals surface area (Å²) in [6, 6.07) is 4.01. The number of anilines is 1. The second-order valence-corrected chi connectivity index (χ2v) is 6.64. The topological polar surface area (TPSA) is 78.5 Å². The SMILES string of the molecule is CSCCC1NC(=O)N(CC(=O)Nc2ccc(Cl)cc2C)C1=O. The summed E-state index contributed by atoms with van der Waals surface area (Å²) in [5.41, 5.74) is 1.41. The minimum absolute atomic E-state index is 0.303. The first kappa shape index (κ1) is 17.6. The van der Waals surface area contributed by atoms with Crippen LogP contribution in [-0.2, 0) is 9.59 Å². The summed E-state index contributed by atoms with van der Waals surface area (Å²) in [4.78, 5) is 37.0. The average Bonchev–Trinajstić information content (AvgIpc) is 2.75. The van der Waals surface area contributed by atoms with Crippen LogP contribution in [0.25, 0.3) is 0 Å². The Bertz CT molecular complexity index is 638. The van der Waals surface area contributed by atoms with Crippen molar-refractivity contribution in [2.45, 2.75) is 19.4 Å². The van der Waals surface area contributed by atoms with Gasteiger partial charge in [-0.1, -0.05) is 11.6 Å². The van der Waals surface area contributed by atoms with Gasteiger partial charge in [0.25, 0.3) is 5.91 Å². The van der Waals surface area contributed by atoms with Crippen molar-refractivity contribution in [1.82, 2.24) is 10.2 Å². The second kappa shape index (κ2) is 7.70. The van der Waals surface area contributed by atoms with Crippen LogP contribution in [0.3, 0.4) is 0 Å². The molecule has 1 heterocycles. The Labute approximate surface area is 143 Å². The van der Waals surface area contributed by atoms with Crippen molar-refractivity contribution in [3.8, 4) is 0 Å². The van der Waals surface area contributed by atoms with Crippen LogP contribution in [0.2, 0.25) is 5.02 Å². The molecule has 1 atom stereocenters. The predicted octanol–water partition coefficient (Wildman–Crippen LogP) is 2.26. The third kappa shape index (κ3) is 4.39. The summed E-state index contributed by atoms with van der Waals surface area (Å²) in [6.07, 6.45) is 2.49. The van der Waals surface area contributed by atoms with Gasteiger partial charge in [-0.2, -0.15) is 11.8 Å². The van der Waals surface area contributed by atoms with E-state index >= 15 is 0 Å². The fourth-order valence-corrected chi connectivity index (χ4v) is 2.96. The highest BCUT2D eigenvalue weighted by Crippen LogP contribution is 2.20. The highest BCUT2D eigenvalue weighted by molar-refractivity contribution is 7.98. The highest BCUT2D eigenvalue weighted by Gasteiger charge is 2.38. The van der Waals surface area contributed by atoms with E-state index in [1.165, 1.54) is 0 Å². The monoisotopic (exact) mass is 355 g/mol. The molecule has 1 aliphatic heterocycles. The van der Waals surface area contributed by atoms with Gasteiger partial charge in [-0.15, -0.1) is 0 Å². The maximum atomic E-state index is 12.2. The minimum atomic E-state index is -0.542. The lowest BCUT2D eigenvalue weighted by Crippen LogP contribution is -2.38. The van der Waals surface area contributed by atoms with Gasteiger partial charge in [0, 0.05) is 10.7 Å². The van der Waals surface area contributed by atoms with E-state index < -0.39 is 18.0 Å². The van der Waals surface area contributed by atoms with Crippen molar-refractivity contribution in [3.63, 3.8) is 0 Å². The van der Waals surface area contributed by atoms with Crippen molar-refractivity contribution in [2.75, 3.05) is 23.9 Å². The normalized spacial score (nSPS) is 17.3. The fraction of sp³-hybridized carbons (Fsp3) is 0.400. The van der Waals surface area contributed by atoms with Gasteiger partial charge in [0.2, 0.25) is 5.91 Å². The molecule has 0 bridgehead atoms. The molecule has 23 heavy (non-hydrogen) atoms. The van der Waals surface area contributed by atoms with Crippen molar-refractivity contribution in [1.29, 1.82) is 0 Å². The number of thioether (sulfide) groups is 1. The van der Waals surface area contributed by atoms with E-state index in [1.54, 1.807) is 30.0 Å². The lowest BCUT2D eigenvalue weighted by atomic mass is 10.2. The lowest BCUT2D eigenvalue weighted by molar-refractivity contribution is -0.130. The Kier molecular flexibility index (Phi) is 5.90. The number of benzene rings is 1. The van der Waals surface area contributed by atoms with Gasteiger partial charge in [-0.05, 0) is 49.1 Å². The molecule has 2 N–H and O–H groups in total. The Morgan fingerprint density at radius 1 is 1.43 bits per heavy atom. The van der Waals surface area contributed by atoms with Crippen LogP contribution in [0, 0.1) is 6.92 Å². The summed E-state index contributed by atoms with van der Waals surface area (Å²) in [5.74, 6) is -0.0165. The summed E-state index contributed by atoms with van der Waals surface area (Å²) in [5, 5.41) is 5.87. The molecule has 2 rings (SSSR count). The van der Waals surface area contributed by atoms with E-state index in [4.69, 9.17) is 11.6 Å². The molecule has 1 saturated heterocycles. The fourth-order valence-electron chi connectivity index (χ4n) is 2.26. The molecule has 124 valence electrons. The summed E-state index contributed by atoms with van der Waals surface area (Å²) in [6.45, 7) is 1.51. The van der Waals surface area contributed by atoms with Crippen molar-refractivity contribution >= 4 is 46.9 Å². The Morgan fingerprint density at radius 3 is 2.83 bits per heavy atom. The largest absolute Gasteiger partial charge is 0.326 e. The third-order valence-corrected chi connectivity index (χ3v) is 4.36. The number of aryl methyl sites for hydroxylation is 1. The zero-order chi connectivity index (χ0) is 17.0. The number of hydrogen-bond acceptors (Lipinski definition) is 4. The van der Waals surface area contributed by atoms with Crippen molar-refractivity contribution in [2.24, 2.45) is 0 Å². The summed E-state index contributed by atoms with van der Waals surface area (Å²) in [7, 11) is 0. The predicted molar refractivity (Wildman–Crippen MR) is 91.9 cm³/mol. The van der Waals surface area contributed by atoms with E-state index in [0.717, 1.165) is 16.2 Å². The zero-order valence-electron chi connectivity index (χ0n) is 12.9. The molecule has 0 spiro atoms. The van der Waals surface area contributed by atoms with Gasteiger partial charge < -0.3 is 10.6 Å². The molecule has 1 unspecified atom stereocenters. The minimum Gasteiger partial charge on any atom is -0.326 e. The average molecular weight is 356 g/mol. The second-order valence-electron chi connectivity index (χ2n) is 5.22. The molecular formula is C15H18ClN3O3S. The molecule has 1 aromatic carbocycles. The van der Waals surface area contributed by atoms with Crippen LogP contribution < -0.4 is 10.6 Å². The summed E-state index contributed by atoms with van der Waals surface area (Å²) >= 11 is 7.47. The van der Waals surface area contributed by atoms with E-state index in [1.807, 2.05) is 13.2 Å².